The summed E-state index contributed by atoms with van der Waals surface area (Å²) in [6.45, 7) is 10.1. The SMILES string of the molecule is CC.CC.Cc1cc(Br)cc(OC2CC2)c1. The first-order valence-corrected chi connectivity index (χ1v) is 6.97. The van der Waals surface area contributed by atoms with E-state index in [0.717, 1.165) is 10.2 Å². The molecule has 0 saturated heterocycles. The summed E-state index contributed by atoms with van der Waals surface area (Å²) >= 11 is 3.44. The molecule has 0 amide bonds. The Morgan fingerprint density at radius 3 is 2.06 bits per heavy atom. The van der Waals surface area contributed by atoms with Gasteiger partial charge in [0, 0.05) is 4.47 Å². The van der Waals surface area contributed by atoms with Crippen LogP contribution in [0.4, 0.5) is 0 Å². The Bertz CT molecular complexity index is 273. The van der Waals surface area contributed by atoms with E-state index in [0.29, 0.717) is 6.10 Å². The van der Waals surface area contributed by atoms with Crippen molar-refractivity contribution in [2.75, 3.05) is 0 Å². The molecule has 92 valence electrons. The maximum atomic E-state index is 5.66. The van der Waals surface area contributed by atoms with E-state index >= 15 is 0 Å². The smallest absolute Gasteiger partial charge is 0.121 e. The van der Waals surface area contributed by atoms with E-state index in [4.69, 9.17) is 4.74 Å². The molecular weight excluding hydrogens is 264 g/mol. The standard InChI is InChI=1S/C10H11BrO.2C2H6/c1-7-4-8(11)6-10(5-7)12-9-2-3-9;2*1-2/h4-6,9H,2-3H2,1H3;2*1-2H3. The van der Waals surface area contributed by atoms with Gasteiger partial charge in [0.2, 0.25) is 0 Å². The fraction of sp³-hybridized carbons (Fsp3) is 0.571. The normalized spacial score (nSPS) is 12.9. The number of hydrogen-bond acceptors (Lipinski definition) is 1. The molecule has 0 heterocycles. The highest BCUT2D eigenvalue weighted by molar-refractivity contribution is 9.10. The average molecular weight is 287 g/mol. The first-order chi connectivity index (χ1) is 7.74. The molecule has 0 aliphatic heterocycles. The molecule has 1 nitrogen and oxygen atoms in total. The van der Waals surface area contributed by atoms with Crippen LogP contribution in [-0.2, 0) is 0 Å². The van der Waals surface area contributed by atoms with Gasteiger partial charge in [-0.2, -0.15) is 0 Å². The van der Waals surface area contributed by atoms with Crippen LogP contribution in [0, 0.1) is 6.92 Å². The molecule has 1 aromatic carbocycles. The lowest BCUT2D eigenvalue weighted by Crippen LogP contribution is -1.95. The van der Waals surface area contributed by atoms with Gasteiger partial charge in [-0.05, 0) is 43.5 Å². The van der Waals surface area contributed by atoms with Gasteiger partial charge in [-0.3, -0.25) is 0 Å². The third-order valence-corrected chi connectivity index (χ3v) is 2.30. The van der Waals surface area contributed by atoms with Gasteiger partial charge < -0.3 is 4.74 Å². The molecule has 1 aliphatic rings. The molecule has 1 aromatic rings. The fourth-order valence-electron chi connectivity index (χ4n) is 1.15. The van der Waals surface area contributed by atoms with E-state index in [2.05, 4.69) is 35.0 Å². The fourth-order valence-corrected chi connectivity index (χ4v) is 1.74. The zero-order chi connectivity index (χ0) is 12.6. The summed E-state index contributed by atoms with van der Waals surface area (Å²) in [5, 5.41) is 0. The van der Waals surface area contributed by atoms with Crippen molar-refractivity contribution in [3.8, 4) is 5.75 Å². The van der Waals surface area contributed by atoms with Crippen LogP contribution >= 0.6 is 15.9 Å². The molecule has 0 spiro atoms. The van der Waals surface area contributed by atoms with Crippen LogP contribution in [0.15, 0.2) is 22.7 Å². The van der Waals surface area contributed by atoms with Crippen LogP contribution < -0.4 is 4.74 Å². The topological polar surface area (TPSA) is 9.23 Å². The molecular formula is C14H23BrO. The van der Waals surface area contributed by atoms with Gasteiger partial charge in [0.05, 0.1) is 6.10 Å². The van der Waals surface area contributed by atoms with Crippen LogP contribution in [-0.4, -0.2) is 6.10 Å². The monoisotopic (exact) mass is 286 g/mol. The Balaban J connectivity index is 0.000000509. The van der Waals surface area contributed by atoms with Gasteiger partial charge >= 0.3 is 0 Å². The Morgan fingerprint density at radius 2 is 1.62 bits per heavy atom. The third-order valence-electron chi connectivity index (χ3n) is 1.84. The minimum Gasteiger partial charge on any atom is -0.490 e. The summed E-state index contributed by atoms with van der Waals surface area (Å²) in [7, 11) is 0. The molecule has 0 N–H and O–H groups in total. The quantitative estimate of drug-likeness (QED) is 0.712. The maximum absolute atomic E-state index is 5.66. The maximum Gasteiger partial charge on any atom is 0.121 e. The highest BCUT2D eigenvalue weighted by Crippen LogP contribution is 2.29. The lowest BCUT2D eigenvalue weighted by Gasteiger charge is -2.05. The van der Waals surface area contributed by atoms with Crippen LogP contribution in [0.3, 0.4) is 0 Å². The van der Waals surface area contributed by atoms with Crippen LogP contribution in [0.25, 0.3) is 0 Å². The molecule has 2 rings (SSSR count). The van der Waals surface area contributed by atoms with E-state index in [1.54, 1.807) is 0 Å². The van der Waals surface area contributed by atoms with E-state index in [9.17, 15) is 0 Å². The van der Waals surface area contributed by atoms with Crippen LogP contribution in [0.5, 0.6) is 5.75 Å². The average Bonchev–Trinajstić information content (AvgIpc) is 3.06. The molecule has 0 unspecified atom stereocenters. The first kappa shape index (κ1) is 15.5. The minimum atomic E-state index is 0.485. The summed E-state index contributed by atoms with van der Waals surface area (Å²) in [5.74, 6) is 0.990. The largest absolute Gasteiger partial charge is 0.490 e. The number of ether oxygens (including phenoxy) is 1. The number of halogens is 1. The van der Waals surface area contributed by atoms with Gasteiger partial charge in [-0.15, -0.1) is 0 Å². The van der Waals surface area contributed by atoms with Crippen molar-refractivity contribution in [3.05, 3.63) is 28.2 Å². The zero-order valence-corrected chi connectivity index (χ0v) is 12.6. The van der Waals surface area contributed by atoms with E-state index in [1.165, 1.54) is 18.4 Å². The molecule has 0 aromatic heterocycles. The highest BCUT2D eigenvalue weighted by Gasteiger charge is 2.23. The summed E-state index contributed by atoms with van der Waals surface area (Å²) in [4.78, 5) is 0. The Labute approximate surface area is 108 Å². The van der Waals surface area contributed by atoms with E-state index in [-0.39, 0.29) is 0 Å². The summed E-state index contributed by atoms with van der Waals surface area (Å²) in [5.41, 5.74) is 1.24. The lowest BCUT2D eigenvalue weighted by atomic mass is 10.2. The highest BCUT2D eigenvalue weighted by atomic mass is 79.9. The second kappa shape index (κ2) is 8.63. The molecule has 16 heavy (non-hydrogen) atoms. The van der Waals surface area contributed by atoms with Crippen LogP contribution in [0.2, 0.25) is 0 Å². The molecule has 0 radical (unpaired) electrons. The van der Waals surface area contributed by atoms with Crippen molar-refractivity contribution in [3.63, 3.8) is 0 Å². The number of benzene rings is 1. The first-order valence-electron chi connectivity index (χ1n) is 6.18. The van der Waals surface area contributed by atoms with E-state index in [1.807, 2.05) is 33.8 Å². The van der Waals surface area contributed by atoms with Crippen molar-refractivity contribution in [2.45, 2.75) is 53.6 Å². The van der Waals surface area contributed by atoms with Gasteiger partial charge in [-0.25, -0.2) is 0 Å². The van der Waals surface area contributed by atoms with Crippen molar-refractivity contribution >= 4 is 15.9 Å². The van der Waals surface area contributed by atoms with Gasteiger partial charge in [-0.1, -0.05) is 43.6 Å². The van der Waals surface area contributed by atoms with Crippen molar-refractivity contribution in [2.24, 2.45) is 0 Å². The Hall–Kier alpha value is -0.500. The second-order valence-electron chi connectivity index (χ2n) is 3.28. The molecule has 1 aliphatic carbocycles. The molecule has 0 atom stereocenters. The molecule has 2 heteroatoms. The van der Waals surface area contributed by atoms with Gasteiger partial charge in [0.25, 0.3) is 0 Å². The number of hydrogen-bond donors (Lipinski definition) is 0. The van der Waals surface area contributed by atoms with Crippen molar-refractivity contribution in [1.82, 2.24) is 0 Å². The number of rotatable bonds is 2. The molecule has 0 bridgehead atoms. The van der Waals surface area contributed by atoms with Crippen molar-refractivity contribution < 1.29 is 4.74 Å². The minimum absolute atomic E-state index is 0.485. The predicted octanol–water partition coefficient (Wildman–Crippen LogP) is 5.35. The van der Waals surface area contributed by atoms with Crippen molar-refractivity contribution in [1.29, 1.82) is 0 Å². The Morgan fingerprint density at radius 1 is 1.06 bits per heavy atom. The summed E-state index contributed by atoms with van der Waals surface area (Å²) in [6, 6.07) is 6.17. The molecule has 1 fully saturated rings. The number of aryl methyl sites for hydroxylation is 1. The lowest BCUT2D eigenvalue weighted by molar-refractivity contribution is 0.303. The summed E-state index contributed by atoms with van der Waals surface area (Å²) in [6.07, 6.45) is 2.91. The van der Waals surface area contributed by atoms with Crippen LogP contribution in [0.1, 0.15) is 46.1 Å². The third kappa shape index (κ3) is 6.16. The second-order valence-corrected chi connectivity index (χ2v) is 4.20. The molecule has 1 saturated carbocycles. The zero-order valence-electron chi connectivity index (χ0n) is 11.0. The van der Waals surface area contributed by atoms with Gasteiger partial charge in [0.15, 0.2) is 0 Å². The van der Waals surface area contributed by atoms with Gasteiger partial charge in [0.1, 0.15) is 5.75 Å². The Kier molecular flexibility index (Phi) is 8.36. The van der Waals surface area contributed by atoms with E-state index < -0.39 is 0 Å². The predicted molar refractivity (Wildman–Crippen MR) is 75.2 cm³/mol. The summed E-state index contributed by atoms with van der Waals surface area (Å²) < 4.78 is 6.75.